The Balaban J connectivity index is 1.91. The van der Waals surface area contributed by atoms with E-state index in [2.05, 4.69) is 10.4 Å². The maximum absolute atomic E-state index is 11.8. The van der Waals surface area contributed by atoms with Crippen LogP contribution in [0.2, 0.25) is 0 Å². The van der Waals surface area contributed by atoms with Gasteiger partial charge in [0.15, 0.2) is 5.78 Å². The molecular weight excluding hydrogens is 190 g/mol. The number of carbonyl (C=O) groups excluding carboxylic acids is 1. The number of rotatable bonds is 3. The fourth-order valence-electron chi connectivity index (χ4n) is 2.01. The van der Waals surface area contributed by atoms with Gasteiger partial charge in [-0.25, -0.2) is 0 Å². The monoisotopic (exact) mass is 207 g/mol. The lowest BCUT2D eigenvalue weighted by atomic mass is 9.98. The summed E-state index contributed by atoms with van der Waals surface area (Å²) in [7, 11) is 1.83. The fraction of sp³-hybridized carbons (Fsp3) is 0.636. The molecule has 2 rings (SSSR count). The van der Waals surface area contributed by atoms with Crippen LogP contribution in [0.25, 0.3) is 0 Å². The topological polar surface area (TPSA) is 46.9 Å². The molecule has 1 aromatic heterocycles. The lowest BCUT2D eigenvalue weighted by Gasteiger charge is -2.22. The van der Waals surface area contributed by atoms with E-state index in [0.29, 0.717) is 12.5 Å². The molecule has 0 spiro atoms. The van der Waals surface area contributed by atoms with Gasteiger partial charge in [-0.05, 0) is 19.4 Å². The predicted molar refractivity (Wildman–Crippen MR) is 57.8 cm³/mol. The van der Waals surface area contributed by atoms with Crippen molar-refractivity contribution in [2.45, 2.75) is 31.7 Å². The second-order valence-electron chi connectivity index (χ2n) is 4.18. The predicted octanol–water partition coefficient (Wildman–Crippen LogP) is 1.14. The Morgan fingerprint density at radius 1 is 1.67 bits per heavy atom. The summed E-state index contributed by atoms with van der Waals surface area (Å²) in [6.07, 6.45) is 7.61. The second kappa shape index (κ2) is 4.57. The van der Waals surface area contributed by atoms with E-state index in [9.17, 15) is 4.79 Å². The molecule has 4 nitrogen and oxygen atoms in total. The zero-order valence-electron chi connectivity index (χ0n) is 9.07. The highest BCUT2D eigenvalue weighted by Gasteiger charge is 2.17. The lowest BCUT2D eigenvalue weighted by molar-refractivity contribution is 0.0963. The number of nitrogens with zero attached hydrogens (tertiary/aromatic N) is 2. The van der Waals surface area contributed by atoms with E-state index < -0.39 is 0 Å². The third kappa shape index (κ3) is 2.65. The SMILES string of the molecule is Cn1cc(C(=O)CC2CCCCN2)cn1. The average molecular weight is 207 g/mol. The maximum Gasteiger partial charge on any atom is 0.167 e. The van der Waals surface area contributed by atoms with Crippen LogP contribution in [0.4, 0.5) is 0 Å². The summed E-state index contributed by atoms with van der Waals surface area (Å²) in [5.41, 5.74) is 0.727. The van der Waals surface area contributed by atoms with Crippen molar-refractivity contribution in [3.63, 3.8) is 0 Å². The van der Waals surface area contributed by atoms with Gasteiger partial charge in [0.1, 0.15) is 0 Å². The first-order valence-electron chi connectivity index (χ1n) is 5.51. The third-order valence-corrected chi connectivity index (χ3v) is 2.87. The summed E-state index contributed by atoms with van der Waals surface area (Å²) >= 11 is 0. The van der Waals surface area contributed by atoms with Crippen molar-refractivity contribution in [2.24, 2.45) is 7.05 Å². The molecule has 1 aromatic rings. The molecule has 15 heavy (non-hydrogen) atoms. The molecule has 1 aliphatic heterocycles. The molecule has 1 fully saturated rings. The Hall–Kier alpha value is -1.16. The van der Waals surface area contributed by atoms with Crippen molar-refractivity contribution in [1.29, 1.82) is 0 Å². The molecule has 0 bridgehead atoms. The Kier molecular flexibility index (Phi) is 3.16. The molecule has 0 radical (unpaired) electrons. The van der Waals surface area contributed by atoms with E-state index in [0.717, 1.165) is 18.5 Å². The summed E-state index contributed by atoms with van der Waals surface area (Å²) in [6, 6.07) is 0.367. The van der Waals surface area contributed by atoms with Crippen LogP contribution in [0.1, 0.15) is 36.0 Å². The van der Waals surface area contributed by atoms with Gasteiger partial charge in [-0.2, -0.15) is 5.10 Å². The molecule has 1 atom stereocenters. The smallest absolute Gasteiger partial charge is 0.167 e. The minimum atomic E-state index is 0.197. The van der Waals surface area contributed by atoms with Crippen LogP contribution in [-0.4, -0.2) is 28.2 Å². The van der Waals surface area contributed by atoms with Crippen molar-refractivity contribution >= 4 is 5.78 Å². The summed E-state index contributed by atoms with van der Waals surface area (Å²) in [4.78, 5) is 11.8. The van der Waals surface area contributed by atoms with Gasteiger partial charge >= 0.3 is 0 Å². The zero-order valence-corrected chi connectivity index (χ0v) is 9.07. The van der Waals surface area contributed by atoms with E-state index in [1.807, 2.05) is 7.05 Å². The zero-order chi connectivity index (χ0) is 10.7. The van der Waals surface area contributed by atoms with Crippen LogP contribution in [-0.2, 0) is 7.05 Å². The van der Waals surface area contributed by atoms with E-state index >= 15 is 0 Å². The van der Waals surface area contributed by atoms with Crippen LogP contribution < -0.4 is 5.32 Å². The quantitative estimate of drug-likeness (QED) is 0.756. The van der Waals surface area contributed by atoms with Gasteiger partial charge in [0.25, 0.3) is 0 Å². The number of hydrogen-bond acceptors (Lipinski definition) is 3. The first-order valence-corrected chi connectivity index (χ1v) is 5.51. The molecular formula is C11H17N3O. The Labute approximate surface area is 89.7 Å². The molecule has 2 heterocycles. The first kappa shape index (κ1) is 10.4. The Morgan fingerprint density at radius 2 is 2.53 bits per heavy atom. The summed E-state index contributed by atoms with van der Waals surface area (Å²) in [5, 5.41) is 7.38. The van der Waals surface area contributed by atoms with Crippen molar-refractivity contribution in [2.75, 3.05) is 6.54 Å². The van der Waals surface area contributed by atoms with Gasteiger partial charge in [0.05, 0.1) is 11.8 Å². The van der Waals surface area contributed by atoms with Gasteiger partial charge in [-0.3, -0.25) is 9.48 Å². The van der Waals surface area contributed by atoms with Crippen LogP contribution in [0.5, 0.6) is 0 Å². The van der Waals surface area contributed by atoms with Gasteiger partial charge in [0, 0.05) is 25.7 Å². The molecule has 82 valence electrons. The van der Waals surface area contributed by atoms with Crippen molar-refractivity contribution in [3.8, 4) is 0 Å². The largest absolute Gasteiger partial charge is 0.314 e. The third-order valence-electron chi connectivity index (χ3n) is 2.87. The molecule has 0 amide bonds. The van der Waals surface area contributed by atoms with E-state index in [-0.39, 0.29) is 5.78 Å². The highest BCUT2D eigenvalue weighted by atomic mass is 16.1. The molecule has 1 N–H and O–H groups in total. The number of nitrogens with one attached hydrogen (secondary N) is 1. The number of aromatic nitrogens is 2. The van der Waals surface area contributed by atoms with Crippen LogP contribution in [0, 0.1) is 0 Å². The summed E-state index contributed by atoms with van der Waals surface area (Å²) in [5.74, 6) is 0.197. The van der Waals surface area contributed by atoms with Gasteiger partial charge in [-0.15, -0.1) is 0 Å². The van der Waals surface area contributed by atoms with Crippen molar-refractivity contribution in [1.82, 2.24) is 15.1 Å². The molecule has 4 heteroatoms. The normalized spacial score (nSPS) is 21.5. The van der Waals surface area contributed by atoms with E-state index in [1.165, 1.54) is 12.8 Å². The average Bonchev–Trinajstić information content (AvgIpc) is 2.66. The fourth-order valence-corrected chi connectivity index (χ4v) is 2.01. The minimum absolute atomic E-state index is 0.197. The Bertz CT molecular complexity index is 339. The first-order chi connectivity index (χ1) is 7.25. The molecule has 0 aromatic carbocycles. The molecule has 1 unspecified atom stereocenters. The molecule has 0 saturated carbocycles. The van der Waals surface area contributed by atoms with Crippen molar-refractivity contribution < 1.29 is 4.79 Å². The second-order valence-corrected chi connectivity index (χ2v) is 4.18. The van der Waals surface area contributed by atoms with E-state index in [4.69, 9.17) is 0 Å². The van der Waals surface area contributed by atoms with Gasteiger partial charge in [-0.1, -0.05) is 6.42 Å². The molecule has 1 saturated heterocycles. The number of aryl methyl sites for hydroxylation is 1. The van der Waals surface area contributed by atoms with Crippen LogP contribution in [0.3, 0.4) is 0 Å². The summed E-state index contributed by atoms with van der Waals surface area (Å²) < 4.78 is 1.67. The highest BCUT2D eigenvalue weighted by molar-refractivity contribution is 5.95. The number of piperidine rings is 1. The molecule has 1 aliphatic rings. The summed E-state index contributed by atoms with van der Waals surface area (Å²) in [6.45, 7) is 1.05. The minimum Gasteiger partial charge on any atom is -0.314 e. The number of Topliss-reactive ketones (excluding diaryl/α,β-unsaturated/α-hetero) is 1. The van der Waals surface area contributed by atoms with E-state index in [1.54, 1.807) is 17.1 Å². The molecule has 0 aliphatic carbocycles. The number of hydrogen-bond donors (Lipinski definition) is 1. The standard InChI is InChI=1S/C11H17N3O/c1-14-8-9(7-13-14)11(15)6-10-4-2-3-5-12-10/h7-8,10,12H,2-6H2,1H3. The number of carbonyl (C=O) groups is 1. The van der Waals surface area contributed by atoms with Gasteiger partial charge < -0.3 is 5.32 Å². The van der Waals surface area contributed by atoms with Gasteiger partial charge in [0.2, 0.25) is 0 Å². The maximum atomic E-state index is 11.8. The van der Waals surface area contributed by atoms with Crippen molar-refractivity contribution in [3.05, 3.63) is 18.0 Å². The Morgan fingerprint density at radius 3 is 3.13 bits per heavy atom. The lowest BCUT2D eigenvalue weighted by Crippen LogP contribution is -2.35. The van der Waals surface area contributed by atoms with Crippen LogP contribution in [0.15, 0.2) is 12.4 Å². The van der Waals surface area contributed by atoms with Crippen LogP contribution >= 0.6 is 0 Å². The highest BCUT2D eigenvalue weighted by Crippen LogP contribution is 2.13. The number of ketones is 1.